The highest BCUT2D eigenvalue weighted by Gasteiger charge is 2.16. The van der Waals surface area contributed by atoms with Crippen molar-refractivity contribution in [1.29, 1.82) is 0 Å². The minimum Gasteiger partial charge on any atom is -0.392 e. The molecule has 3 atom stereocenters. The molecule has 96 valence electrons. The second kappa shape index (κ2) is 6.80. The highest BCUT2D eigenvalue weighted by Crippen LogP contribution is 2.29. The van der Waals surface area contributed by atoms with E-state index < -0.39 is 0 Å². The SMILES string of the molecule is CCC(C)CC(C)C(C)c1ccc(CO)cc1. The predicted molar refractivity (Wildman–Crippen MR) is 74.0 cm³/mol. The summed E-state index contributed by atoms with van der Waals surface area (Å²) in [6.07, 6.45) is 2.56. The Balaban J connectivity index is 2.64. The van der Waals surface area contributed by atoms with Crippen molar-refractivity contribution in [2.24, 2.45) is 11.8 Å². The number of benzene rings is 1. The molecule has 1 heteroatoms. The van der Waals surface area contributed by atoms with Crippen LogP contribution in [-0.4, -0.2) is 5.11 Å². The predicted octanol–water partition coefficient (Wildman–Crippen LogP) is 4.35. The molecule has 0 aliphatic carbocycles. The smallest absolute Gasteiger partial charge is 0.0681 e. The largest absolute Gasteiger partial charge is 0.392 e. The van der Waals surface area contributed by atoms with Gasteiger partial charge in [0.15, 0.2) is 0 Å². The molecule has 1 N–H and O–H groups in total. The van der Waals surface area contributed by atoms with Gasteiger partial charge in [-0.1, -0.05) is 58.4 Å². The third kappa shape index (κ3) is 4.16. The lowest BCUT2D eigenvalue weighted by molar-refractivity contribution is 0.281. The van der Waals surface area contributed by atoms with Gasteiger partial charge in [0, 0.05) is 0 Å². The van der Waals surface area contributed by atoms with Crippen LogP contribution in [0.5, 0.6) is 0 Å². The van der Waals surface area contributed by atoms with Crippen LogP contribution in [0.1, 0.15) is 57.6 Å². The normalized spacial score (nSPS) is 16.5. The molecule has 0 aliphatic rings. The van der Waals surface area contributed by atoms with Crippen LogP contribution in [0.15, 0.2) is 24.3 Å². The van der Waals surface area contributed by atoms with Gasteiger partial charge in [-0.25, -0.2) is 0 Å². The lowest BCUT2D eigenvalue weighted by Crippen LogP contribution is -2.10. The second-order valence-electron chi connectivity index (χ2n) is 5.41. The standard InChI is InChI=1S/C16H26O/c1-5-12(2)10-13(3)14(4)16-8-6-15(11-17)7-9-16/h6-9,12-14,17H,5,10-11H2,1-4H3. The summed E-state index contributed by atoms with van der Waals surface area (Å²) in [4.78, 5) is 0. The van der Waals surface area contributed by atoms with E-state index in [2.05, 4.69) is 39.8 Å². The van der Waals surface area contributed by atoms with E-state index in [1.54, 1.807) is 0 Å². The molecule has 17 heavy (non-hydrogen) atoms. The third-order valence-electron chi connectivity index (χ3n) is 4.01. The maximum absolute atomic E-state index is 9.03. The molecule has 0 spiro atoms. The molecule has 1 aromatic rings. The Morgan fingerprint density at radius 1 is 1.06 bits per heavy atom. The summed E-state index contributed by atoms with van der Waals surface area (Å²) in [5.41, 5.74) is 2.38. The van der Waals surface area contributed by atoms with Crippen LogP contribution >= 0.6 is 0 Å². The molecule has 0 amide bonds. The van der Waals surface area contributed by atoms with E-state index in [0.29, 0.717) is 11.8 Å². The molecule has 1 nitrogen and oxygen atoms in total. The Morgan fingerprint density at radius 2 is 1.65 bits per heavy atom. The minimum absolute atomic E-state index is 0.136. The molecular formula is C16H26O. The lowest BCUT2D eigenvalue weighted by Gasteiger charge is -2.23. The van der Waals surface area contributed by atoms with Crippen LogP contribution in [-0.2, 0) is 6.61 Å². The zero-order valence-corrected chi connectivity index (χ0v) is 11.6. The topological polar surface area (TPSA) is 20.2 Å². The monoisotopic (exact) mass is 234 g/mol. The van der Waals surface area contributed by atoms with Crippen molar-refractivity contribution < 1.29 is 5.11 Å². The molecule has 0 heterocycles. The number of aliphatic hydroxyl groups excluding tert-OH is 1. The Bertz CT molecular complexity index is 315. The van der Waals surface area contributed by atoms with E-state index in [-0.39, 0.29) is 6.61 Å². The van der Waals surface area contributed by atoms with Gasteiger partial charge in [0.05, 0.1) is 6.61 Å². The quantitative estimate of drug-likeness (QED) is 0.775. The van der Waals surface area contributed by atoms with Gasteiger partial charge in [-0.15, -0.1) is 0 Å². The van der Waals surface area contributed by atoms with E-state index in [0.717, 1.165) is 11.5 Å². The van der Waals surface area contributed by atoms with Gasteiger partial charge in [-0.2, -0.15) is 0 Å². The van der Waals surface area contributed by atoms with Gasteiger partial charge in [0.2, 0.25) is 0 Å². The summed E-state index contributed by atoms with van der Waals surface area (Å²) in [5.74, 6) is 2.12. The van der Waals surface area contributed by atoms with E-state index >= 15 is 0 Å². The van der Waals surface area contributed by atoms with Crippen molar-refractivity contribution in [2.75, 3.05) is 0 Å². The molecule has 0 aliphatic heterocycles. The van der Waals surface area contributed by atoms with Gasteiger partial charge in [0.1, 0.15) is 0 Å². The van der Waals surface area contributed by atoms with E-state index in [1.807, 2.05) is 12.1 Å². The molecule has 1 aromatic carbocycles. The van der Waals surface area contributed by atoms with Crippen LogP contribution in [0, 0.1) is 11.8 Å². The number of aliphatic hydroxyl groups is 1. The lowest BCUT2D eigenvalue weighted by atomic mass is 9.82. The molecular weight excluding hydrogens is 208 g/mol. The van der Waals surface area contributed by atoms with Crippen molar-refractivity contribution in [3.8, 4) is 0 Å². The highest BCUT2D eigenvalue weighted by atomic mass is 16.3. The van der Waals surface area contributed by atoms with Crippen molar-refractivity contribution in [3.05, 3.63) is 35.4 Å². The molecule has 1 rings (SSSR count). The first-order valence-corrected chi connectivity index (χ1v) is 6.78. The Labute approximate surface area is 106 Å². The van der Waals surface area contributed by atoms with Gasteiger partial charge in [-0.3, -0.25) is 0 Å². The van der Waals surface area contributed by atoms with Crippen molar-refractivity contribution in [1.82, 2.24) is 0 Å². The fourth-order valence-corrected chi connectivity index (χ4v) is 2.26. The van der Waals surface area contributed by atoms with E-state index in [1.165, 1.54) is 18.4 Å². The molecule has 0 fully saturated rings. The number of hydrogen-bond acceptors (Lipinski definition) is 1. The molecule has 0 saturated carbocycles. The minimum atomic E-state index is 0.136. The average molecular weight is 234 g/mol. The third-order valence-corrected chi connectivity index (χ3v) is 4.01. The summed E-state index contributed by atoms with van der Waals surface area (Å²) >= 11 is 0. The van der Waals surface area contributed by atoms with Gasteiger partial charge >= 0.3 is 0 Å². The molecule has 0 bridgehead atoms. The van der Waals surface area contributed by atoms with Crippen LogP contribution in [0.4, 0.5) is 0 Å². The van der Waals surface area contributed by atoms with Crippen molar-refractivity contribution in [3.63, 3.8) is 0 Å². The first-order valence-electron chi connectivity index (χ1n) is 6.78. The van der Waals surface area contributed by atoms with Crippen LogP contribution < -0.4 is 0 Å². The first-order chi connectivity index (χ1) is 8.08. The van der Waals surface area contributed by atoms with Crippen LogP contribution in [0.2, 0.25) is 0 Å². The summed E-state index contributed by atoms with van der Waals surface area (Å²) in [6.45, 7) is 9.38. The first kappa shape index (κ1) is 14.2. The molecule has 0 radical (unpaired) electrons. The average Bonchev–Trinajstić information content (AvgIpc) is 2.37. The molecule has 3 unspecified atom stereocenters. The fourth-order valence-electron chi connectivity index (χ4n) is 2.26. The Morgan fingerprint density at radius 3 is 2.12 bits per heavy atom. The second-order valence-corrected chi connectivity index (χ2v) is 5.41. The zero-order valence-electron chi connectivity index (χ0n) is 11.6. The summed E-state index contributed by atoms with van der Waals surface area (Å²) in [6, 6.07) is 8.37. The zero-order chi connectivity index (χ0) is 12.8. The van der Waals surface area contributed by atoms with Crippen LogP contribution in [0.3, 0.4) is 0 Å². The van der Waals surface area contributed by atoms with Gasteiger partial charge in [0.25, 0.3) is 0 Å². The van der Waals surface area contributed by atoms with E-state index in [9.17, 15) is 0 Å². The summed E-state index contributed by atoms with van der Waals surface area (Å²) < 4.78 is 0. The Hall–Kier alpha value is -0.820. The maximum Gasteiger partial charge on any atom is 0.0681 e. The number of hydrogen-bond donors (Lipinski definition) is 1. The molecule has 0 aromatic heterocycles. The van der Waals surface area contributed by atoms with Crippen molar-refractivity contribution >= 4 is 0 Å². The Kier molecular flexibility index (Phi) is 5.70. The van der Waals surface area contributed by atoms with E-state index in [4.69, 9.17) is 5.11 Å². The van der Waals surface area contributed by atoms with Crippen molar-refractivity contribution in [2.45, 2.75) is 53.1 Å². The molecule has 0 saturated heterocycles. The summed E-state index contributed by atoms with van der Waals surface area (Å²) in [7, 11) is 0. The maximum atomic E-state index is 9.03. The summed E-state index contributed by atoms with van der Waals surface area (Å²) in [5, 5.41) is 9.03. The van der Waals surface area contributed by atoms with Gasteiger partial charge in [-0.05, 0) is 35.3 Å². The highest BCUT2D eigenvalue weighted by molar-refractivity contribution is 5.25. The number of rotatable bonds is 6. The van der Waals surface area contributed by atoms with Gasteiger partial charge < -0.3 is 5.11 Å². The van der Waals surface area contributed by atoms with Crippen LogP contribution in [0.25, 0.3) is 0 Å². The fraction of sp³-hybridized carbons (Fsp3) is 0.625.